The van der Waals surface area contributed by atoms with Gasteiger partial charge in [0.25, 0.3) is 0 Å². The van der Waals surface area contributed by atoms with Crippen molar-refractivity contribution in [3.8, 4) is 6.07 Å². The molecule has 1 aliphatic carbocycles. The van der Waals surface area contributed by atoms with Crippen LogP contribution >= 0.6 is 0 Å². The Morgan fingerprint density at radius 3 is 2.48 bits per heavy atom. The highest BCUT2D eigenvalue weighted by atomic mass is 16.2. The number of urea groups is 1. The van der Waals surface area contributed by atoms with Crippen LogP contribution in [0.2, 0.25) is 0 Å². The number of hydrogen-bond donors (Lipinski definition) is 1. The van der Waals surface area contributed by atoms with Gasteiger partial charge < -0.3 is 15.1 Å². The summed E-state index contributed by atoms with van der Waals surface area (Å²) >= 11 is 0. The van der Waals surface area contributed by atoms with E-state index in [9.17, 15) is 4.79 Å². The van der Waals surface area contributed by atoms with Crippen molar-refractivity contribution in [1.82, 2.24) is 20.0 Å². The molecule has 0 radical (unpaired) electrons. The molecule has 3 fully saturated rings. The lowest BCUT2D eigenvalue weighted by atomic mass is 9.91. The second kappa shape index (κ2) is 8.28. The Labute approximate surface area is 161 Å². The van der Waals surface area contributed by atoms with Crippen LogP contribution in [0.5, 0.6) is 0 Å². The highest BCUT2D eigenvalue weighted by Gasteiger charge is 2.34. The molecule has 27 heavy (non-hydrogen) atoms. The largest absolute Gasteiger partial charge is 0.323 e. The van der Waals surface area contributed by atoms with Gasteiger partial charge in [0.05, 0.1) is 11.6 Å². The number of rotatable bonds is 4. The summed E-state index contributed by atoms with van der Waals surface area (Å²) in [6, 6.07) is 11.2. The van der Waals surface area contributed by atoms with E-state index in [1.807, 2.05) is 29.2 Å². The number of hydrogen-bond acceptors (Lipinski definition) is 4. The number of nitriles is 1. The van der Waals surface area contributed by atoms with Crippen LogP contribution in [0, 0.1) is 11.3 Å². The van der Waals surface area contributed by atoms with Crippen molar-refractivity contribution < 1.29 is 4.79 Å². The SMILES string of the molecule is N#Cc1ccc(CNC2CN(C(=O)N3CCCN(C4CCC4)CC3)C2)cc1. The number of carbonyl (C=O) groups is 1. The molecule has 0 aromatic heterocycles. The van der Waals surface area contributed by atoms with Crippen LogP contribution in [-0.2, 0) is 6.54 Å². The summed E-state index contributed by atoms with van der Waals surface area (Å²) < 4.78 is 0. The fourth-order valence-corrected chi connectivity index (χ4v) is 4.17. The quantitative estimate of drug-likeness (QED) is 0.884. The van der Waals surface area contributed by atoms with E-state index in [4.69, 9.17) is 5.26 Å². The Hall–Kier alpha value is -2.10. The molecule has 0 bridgehead atoms. The van der Waals surface area contributed by atoms with Crippen LogP contribution in [0.3, 0.4) is 0 Å². The summed E-state index contributed by atoms with van der Waals surface area (Å²) in [4.78, 5) is 19.4. The number of nitrogens with one attached hydrogen (secondary N) is 1. The summed E-state index contributed by atoms with van der Waals surface area (Å²) in [5, 5.41) is 12.4. The van der Waals surface area contributed by atoms with Gasteiger partial charge >= 0.3 is 6.03 Å². The second-order valence-corrected chi connectivity index (χ2v) is 8.04. The summed E-state index contributed by atoms with van der Waals surface area (Å²) in [6.45, 7) is 6.29. The first-order valence-corrected chi connectivity index (χ1v) is 10.2. The van der Waals surface area contributed by atoms with Gasteiger partial charge in [0.15, 0.2) is 0 Å². The minimum Gasteiger partial charge on any atom is -0.323 e. The molecule has 6 heteroatoms. The molecule has 2 aliphatic heterocycles. The maximum Gasteiger partial charge on any atom is 0.320 e. The first kappa shape index (κ1) is 18.3. The second-order valence-electron chi connectivity index (χ2n) is 8.04. The van der Waals surface area contributed by atoms with Crippen molar-refractivity contribution in [2.45, 2.75) is 44.3 Å². The molecule has 1 aromatic rings. The molecule has 3 aliphatic rings. The first-order chi connectivity index (χ1) is 13.2. The number of carbonyl (C=O) groups excluding carboxylic acids is 1. The molecule has 4 rings (SSSR count). The van der Waals surface area contributed by atoms with Crippen LogP contribution < -0.4 is 5.32 Å². The highest BCUT2D eigenvalue weighted by Crippen LogP contribution is 2.26. The van der Waals surface area contributed by atoms with Crippen LogP contribution in [-0.4, -0.2) is 72.1 Å². The maximum atomic E-state index is 12.8. The van der Waals surface area contributed by atoms with Crippen LogP contribution in [0.1, 0.15) is 36.8 Å². The van der Waals surface area contributed by atoms with Crippen molar-refractivity contribution in [2.75, 3.05) is 39.3 Å². The Bertz CT molecular complexity index is 688. The molecule has 2 heterocycles. The lowest BCUT2D eigenvalue weighted by molar-refractivity contribution is 0.101. The van der Waals surface area contributed by atoms with Crippen LogP contribution in [0.15, 0.2) is 24.3 Å². The van der Waals surface area contributed by atoms with E-state index in [-0.39, 0.29) is 6.03 Å². The molecule has 6 nitrogen and oxygen atoms in total. The zero-order valence-corrected chi connectivity index (χ0v) is 15.9. The average Bonchev–Trinajstić information content (AvgIpc) is 2.85. The molecule has 144 valence electrons. The number of nitrogens with zero attached hydrogens (tertiary/aromatic N) is 4. The normalized spacial score (nSPS) is 21.9. The fraction of sp³-hybridized carbons (Fsp3) is 0.619. The zero-order valence-electron chi connectivity index (χ0n) is 15.9. The molecule has 0 spiro atoms. The molecule has 1 saturated carbocycles. The Kier molecular flexibility index (Phi) is 5.61. The Balaban J connectivity index is 1.18. The van der Waals surface area contributed by atoms with E-state index >= 15 is 0 Å². The van der Waals surface area contributed by atoms with Gasteiger partial charge in [-0.2, -0.15) is 5.26 Å². The van der Waals surface area contributed by atoms with E-state index in [0.29, 0.717) is 11.6 Å². The average molecular weight is 367 g/mol. The predicted molar refractivity (Wildman–Crippen MR) is 104 cm³/mol. The third-order valence-electron chi connectivity index (χ3n) is 6.22. The van der Waals surface area contributed by atoms with Crippen molar-refractivity contribution in [1.29, 1.82) is 5.26 Å². The van der Waals surface area contributed by atoms with Gasteiger partial charge in [-0.05, 0) is 37.0 Å². The number of benzene rings is 1. The molecule has 2 saturated heterocycles. The summed E-state index contributed by atoms with van der Waals surface area (Å²) in [6.07, 6.45) is 5.14. The molecule has 2 amide bonds. The van der Waals surface area contributed by atoms with Gasteiger partial charge in [-0.1, -0.05) is 18.6 Å². The fourth-order valence-electron chi connectivity index (χ4n) is 4.17. The lowest BCUT2D eigenvalue weighted by Gasteiger charge is -2.42. The summed E-state index contributed by atoms with van der Waals surface area (Å²) in [7, 11) is 0. The van der Waals surface area contributed by atoms with Crippen molar-refractivity contribution in [3.05, 3.63) is 35.4 Å². The summed E-state index contributed by atoms with van der Waals surface area (Å²) in [5.41, 5.74) is 1.86. The monoisotopic (exact) mass is 367 g/mol. The Morgan fingerprint density at radius 2 is 1.81 bits per heavy atom. The molecule has 0 atom stereocenters. The zero-order chi connectivity index (χ0) is 18.6. The van der Waals surface area contributed by atoms with E-state index in [1.54, 1.807) is 0 Å². The topological polar surface area (TPSA) is 62.6 Å². The van der Waals surface area contributed by atoms with E-state index in [0.717, 1.165) is 58.3 Å². The number of likely N-dealkylation sites (tertiary alicyclic amines) is 1. The molecule has 0 unspecified atom stereocenters. The third-order valence-corrected chi connectivity index (χ3v) is 6.22. The van der Waals surface area contributed by atoms with Crippen molar-refractivity contribution in [3.63, 3.8) is 0 Å². The summed E-state index contributed by atoms with van der Waals surface area (Å²) in [5.74, 6) is 0. The van der Waals surface area contributed by atoms with Crippen molar-refractivity contribution in [2.24, 2.45) is 0 Å². The van der Waals surface area contributed by atoms with Gasteiger partial charge in [-0.25, -0.2) is 4.79 Å². The van der Waals surface area contributed by atoms with Crippen molar-refractivity contribution >= 4 is 6.03 Å². The van der Waals surface area contributed by atoms with Gasteiger partial charge in [-0.15, -0.1) is 0 Å². The molecular weight excluding hydrogens is 338 g/mol. The first-order valence-electron chi connectivity index (χ1n) is 10.2. The highest BCUT2D eigenvalue weighted by molar-refractivity contribution is 5.75. The van der Waals surface area contributed by atoms with Gasteiger partial charge in [-0.3, -0.25) is 4.90 Å². The smallest absolute Gasteiger partial charge is 0.320 e. The van der Waals surface area contributed by atoms with Crippen LogP contribution in [0.25, 0.3) is 0 Å². The molecule has 1 N–H and O–H groups in total. The van der Waals surface area contributed by atoms with Gasteiger partial charge in [0.1, 0.15) is 0 Å². The molecule has 1 aromatic carbocycles. The minimum atomic E-state index is 0.210. The van der Waals surface area contributed by atoms with Crippen LogP contribution in [0.4, 0.5) is 4.79 Å². The lowest BCUT2D eigenvalue weighted by Crippen LogP contribution is -2.62. The predicted octanol–water partition coefficient (Wildman–Crippen LogP) is 2.01. The van der Waals surface area contributed by atoms with E-state index in [2.05, 4.69) is 21.2 Å². The third kappa shape index (κ3) is 4.26. The van der Waals surface area contributed by atoms with E-state index < -0.39 is 0 Å². The minimum absolute atomic E-state index is 0.210. The maximum absolute atomic E-state index is 12.8. The standard InChI is InChI=1S/C21H29N5O/c22-13-17-5-7-18(8-6-17)14-23-19-15-26(16-19)21(27)25-10-2-9-24(11-12-25)20-3-1-4-20/h5-8,19-20,23H,1-4,9-12,14-16H2. The van der Waals surface area contributed by atoms with Gasteiger partial charge in [0, 0.05) is 57.9 Å². The Morgan fingerprint density at radius 1 is 1.04 bits per heavy atom. The van der Waals surface area contributed by atoms with E-state index in [1.165, 1.54) is 24.8 Å². The molecular formula is C21H29N5O. The number of amides is 2. The van der Waals surface area contributed by atoms with Gasteiger partial charge in [0.2, 0.25) is 0 Å².